The van der Waals surface area contributed by atoms with Gasteiger partial charge in [-0.15, -0.1) is 0 Å². The zero-order valence-corrected chi connectivity index (χ0v) is 12.4. The van der Waals surface area contributed by atoms with Crippen LogP contribution in [0, 0.1) is 0 Å². The first-order chi connectivity index (χ1) is 9.79. The SMILES string of the molecule is CCCCOc1cccc(NCc2ccccc2Cl)n1. The van der Waals surface area contributed by atoms with E-state index in [1.807, 2.05) is 42.5 Å². The van der Waals surface area contributed by atoms with Crippen LogP contribution in [0.1, 0.15) is 25.3 Å². The van der Waals surface area contributed by atoms with Crippen molar-refractivity contribution in [3.63, 3.8) is 0 Å². The summed E-state index contributed by atoms with van der Waals surface area (Å²) in [5.74, 6) is 1.45. The van der Waals surface area contributed by atoms with E-state index in [2.05, 4.69) is 17.2 Å². The minimum atomic E-state index is 0.644. The molecule has 1 N–H and O–H groups in total. The number of anilines is 1. The Morgan fingerprint density at radius 1 is 1.15 bits per heavy atom. The van der Waals surface area contributed by atoms with Crippen molar-refractivity contribution in [1.29, 1.82) is 0 Å². The zero-order valence-electron chi connectivity index (χ0n) is 11.6. The number of aromatic nitrogens is 1. The predicted octanol–water partition coefficient (Wildman–Crippen LogP) is 4.53. The predicted molar refractivity (Wildman–Crippen MR) is 83.4 cm³/mol. The van der Waals surface area contributed by atoms with Gasteiger partial charge in [-0.05, 0) is 24.1 Å². The molecule has 0 saturated heterocycles. The summed E-state index contributed by atoms with van der Waals surface area (Å²) in [5, 5.41) is 4.02. The molecule has 2 rings (SSSR count). The Morgan fingerprint density at radius 3 is 2.80 bits per heavy atom. The van der Waals surface area contributed by atoms with Crippen molar-refractivity contribution >= 4 is 17.4 Å². The Balaban J connectivity index is 1.93. The van der Waals surface area contributed by atoms with E-state index in [-0.39, 0.29) is 0 Å². The number of nitrogens with one attached hydrogen (secondary N) is 1. The minimum absolute atomic E-state index is 0.644. The van der Waals surface area contributed by atoms with E-state index in [1.54, 1.807) is 0 Å². The van der Waals surface area contributed by atoms with E-state index in [1.165, 1.54) is 0 Å². The van der Waals surface area contributed by atoms with Gasteiger partial charge in [0, 0.05) is 17.6 Å². The molecule has 0 fully saturated rings. The molecule has 0 atom stereocenters. The quantitative estimate of drug-likeness (QED) is 0.761. The van der Waals surface area contributed by atoms with Crippen LogP contribution in [0.15, 0.2) is 42.5 Å². The summed E-state index contributed by atoms with van der Waals surface area (Å²) in [4.78, 5) is 4.41. The van der Waals surface area contributed by atoms with Gasteiger partial charge < -0.3 is 10.1 Å². The average molecular weight is 291 g/mol. The fourth-order valence-electron chi connectivity index (χ4n) is 1.74. The molecule has 0 amide bonds. The van der Waals surface area contributed by atoms with Crippen molar-refractivity contribution in [3.05, 3.63) is 53.1 Å². The molecule has 2 aromatic rings. The third-order valence-electron chi connectivity index (χ3n) is 2.89. The van der Waals surface area contributed by atoms with Crippen LogP contribution in [0.2, 0.25) is 5.02 Å². The van der Waals surface area contributed by atoms with E-state index in [4.69, 9.17) is 16.3 Å². The van der Waals surface area contributed by atoms with Gasteiger partial charge in [0.1, 0.15) is 5.82 Å². The molecule has 1 aromatic heterocycles. The number of hydrogen-bond donors (Lipinski definition) is 1. The molecule has 106 valence electrons. The van der Waals surface area contributed by atoms with Gasteiger partial charge >= 0.3 is 0 Å². The Morgan fingerprint density at radius 2 is 2.00 bits per heavy atom. The number of pyridine rings is 1. The van der Waals surface area contributed by atoms with Crippen molar-refractivity contribution in [3.8, 4) is 5.88 Å². The third kappa shape index (κ3) is 4.42. The second-order valence-electron chi connectivity index (χ2n) is 4.51. The van der Waals surface area contributed by atoms with Crippen LogP contribution < -0.4 is 10.1 Å². The number of unbranched alkanes of at least 4 members (excludes halogenated alkanes) is 1. The van der Waals surface area contributed by atoms with Crippen molar-refractivity contribution in [2.45, 2.75) is 26.3 Å². The molecule has 0 aliphatic rings. The van der Waals surface area contributed by atoms with Crippen molar-refractivity contribution in [2.75, 3.05) is 11.9 Å². The summed E-state index contributed by atoms with van der Waals surface area (Å²) in [5.41, 5.74) is 1.05. The molecule has 0 aliphatic carbocycles. The molecule has 1 aromatic carbocycles. The Bertz CT molecular complexity index is 546. The largest absolute Gasteiger partial charge is 0.478 e. The fraction of sp³-hybridized carbons (Fsp3) is 0.312. The maximum absolute atomic E-state index is 6.12. The van der Waals surface area contributed by atoms with Gasteiger partial charge in [0.2, 0.25) is 5.88 Å². The minimum Gasteiger partial charge on any atom is -0.478 e. The van der Waals surface area contributed by atoms with E-state index >= 15 is 0 Å². The molecule has 0 unspecified atom stereocenters. The Kier molecular flexibility index (Phi) is 5.69. The zero-order chi connectivity index (χ0) is 14.2. The molecule has 0 aliphatic heterocycles. The topological polar surface area (TPSA) is 34.1 Å². The average Bonchev–Trinajstić information content (AvgIpc) is 2.47. The maximum Gasteiger partial charge on any atom is 0.215 e. The number of halogens is 1. The number of benzene rings is 1. The highest BCUT2D eigenvalue weighted by atomic mass is 35.5. The number of nitrogens with zero attached hydrogens (tertiary/aromatic N) is 1. The molecular weight excluding hydrogens is 272 g/mol. The van der Waals surface area contributed by atoms with Crippen molar-refractivity contribution in [2.24, 2.45) is 0 Å². The fourth-order valence-corrected chi connectivity index (χ4v) is 1.94. The van der Waals surface area contributed by atoms with Gasteiger partial charge in [-0.3, -0.25) is 0 Å². The van der Waals surface area contributed by atoms with Gasteiger partial charge in [0.25, 0.3) is 0 Å². The first-order valence-electron chi connectivity index (χ1n) is 6.86. The molecule has 4 heteroatoms. The van der Waals surface area contributed by atoms with Gasteiger partial charge in [0.15, 0.2) is 0 Å². The molecule has 0 bridgehead atoms. The molecule has 3 nitrogen and oxygen atoms in total. The normalized spacial score (nSPS) is 10.3. The monoisotopic (exact) mass is 290 g/mol. The van der Waals surface area contributed by atoms with Crippen molar-refractivity contribution < 1.29 is 4.74 Å². The summed E-state index contributed by atoms with van der Waals surface area (Å²) < 4.78 is 5.59. The van der Waals surface area contributed by atoms with E-state index in [0.717, 1.165) is 29.2 Å². The van der Waals surface area contributed by atoms with Gasteiger partial charge in [-0.2, -0.15) is 4.98 Å². The molecule has 1 heterocycles. The van der Waals surface area contributed by atoms with Gasteiger partial charge in [-0.25, -0.2) is 0 Å². The number of ether oxygens (including phenoxy) is 1. The third-order valence-corrected chi connectivity index (χ3v) is 3.26. The molecule has 0 saturated carbocycles. The highest BCUT2D eigenvalue weighted by Crippen LogP contribution is 2.17. The lowest BCUT2D eigenvalue weighted by molar-refractivity contribution is 0.298. The van der Waals surface area contributed by atoms with Crippen molar-refractivity contribution in [1.82, 2.24) is 4.98 Å². The first kappa shape index (κ1) is 14.7. The van der Waals surface area contributed by atoms with Gasteiger partial charge in [0.05, 0.1) is 6.61 Å². The highest BCUT2D eigenvalue weighted by Gasteiger charge is 2.01. The molecule has 0 radical (unpaired) electrons. The number of rotatable bonds is 7. The van der Waals surface area contributed by atoms with Crippen LogP contribution in [-0.4, -0.2) is 11.6 Å². The van der Waals surface area contributed by atoms with E-state index in [9.17, 15) is 0 Å². The Hall–Kier alpha value is -1.74. The molecule has 0 spiro atoms. The lowest BCUT2D eigenvalue weighted by atomic mass is 10.2. The van der Waals surface area contributed by atoms with E-state index in [0.29, 0.717) is 19.0 Å². The van der Waals surface area contributed by atoms with Crippen LogP contribution in [0.4, 0.5) is 5.82 Å². The van der Waals surface area contributed by atoms with Gasteiger partial charge in [-0.1, -0.05) is 49.2 Å². The van der Waals surface area contributed by atoms with Crippen LogP contribution in [0.25, 0.3) is 0 Å². The van der Waals surface area contributed by atoms with Crippen LogP contribution in [0.3, 0.4) is 0 Å². The summed E-state index contributed by atoms with van der Waals surface area (Å²) in [6.45, 7) is 3.49. The summed E-state index contributed by atoms with van der Waals surface area (Å²) in [7, 11) is 0. The summed E-state index contributed by atoms with van der Waals surface area (Å²) in [6, 6.07) is 13.5. The second-order valence-corrected chi connectivity index (χ2v) is 4.92. The lowest BCUT2D eigenvalue weighted by Crippen LogP contribution is -2.04. The highest BCUT2D eigenvalue weighted by molar-refractivity contribution is 6.31. The maximum atomic E-state index is 6.12. The molecule has 20 heavy (non-hydrogen) atoms. The first-order valence-corrected chi connectivity index (χ1v) is 7.24. The van der Waals surface area contributed by atoms with Crippen LogP contribution in [-0.2, 0) is 6.54 Å². The Labute approximate surface area is 124 Å². The second kappa shape index (κ2) is 7.75. The molecular formula is C16H19ClN2O. The van der Waals surface area contributed by atoms with Crippen LogP contribution >= 0.6 is 11.6 Å². The van der Waals surface area contributed by atoms with E-state index < -0.39 is 0 Å². The summed E-state index contributed by atoms with van der Waals surface area (Å²) in [6.07, 6.45) is 2.16. The summed E-state index contributed by atoms with van der Waals surface area (Å²) >= 11 is 6.12. The standard InChI is InChI=1S/C16H19ClN2O/c1-2-3-11-20-16-10-6-9-15(19-16)18-12-13-7-4-5-8-14(13)17/h4-10H,2-3,11-12H2,1H3,(H,18,19). The number of hydrogen-bond acceptors (Lipinski definition) is 3. The van der Waals surface area contributed by atoms with Crippen LogP contribution in [0.5, 0.6) is 5.88 Å². The lowest BCUT2D eigenvalue weighted by Gasteiger charge is -2.09. The smallest absolute Gasteiger partial charge is 0.215 e.